The molecule has 180 valence electrons. The quantitative estimate of drug-likeness (QED) is 0.577. The number of aryl methyl sites for hydroxylation is 2. The second kappa shape index (κ2) is 11.0. The van der Waals surface area contributed by atoms with Gasteiger partial charge in [-0.15, -0.1) is 0 Å². The van der Waals surface area contributed by atoms with E-state index < -0.39 is 28.5 Å². The molecule has 1 atom stereocenters. The maximum absolute atomic E-state index is 13.5. The van der Waals surface area contributed by atoms with Crippen LogP contribution in [-0.2, 0) is 26.2 Å². The van der Waals surface area contributed by atoms with Crippen molar-refractivity contribution in [1.82, 2.24) is 10.2 Å². The van der Waals surface area contributed by atoms with Gasteiger partial charge in [0.05, 0.1) is 11.9 Å². The Morgan fingerprint density at radius 2 is 1.67 bits per heavy atom. The van der Waals surface area contributed by atoms with Crippen molar-refractivity contribution in [2.24, 2.45) is 0 Å². The third kappa shape index (κ3) is 7.20. The molecule has 0 aliphatic heterocycles. The molecule has 2 aromatic carbocycles. The fourth-order valence-corrected chi connectivity index (χ4v) is 4.47. The fraction of sp³-hybridized carbons (Fsp3) is 0.417. The summed E-state index contributed by atoms with van der Waals surface area (Å²) in [7, 11) is -3.81. The van der Waals surface area contributed by atoms with Crippen molar-refractivity contribution in [1.29, 1.82) is 0 Å². The highest BCUT2D eigenvalue weighted by Gasteiger charge is 2.31. The van der Waals surface area contributed by atoms with E-state index in [1.165, 1.54) is 11.0 Å². The number of amides is 2. The molecule has 0 unspecified atom stereocenters. The Kier molecular flexibility index (Phi) is 8.91. The van der Waals surface area contributed by atoms with Gasteiger partial charge in [-0.05, 0) is 63.4 Å². The summed E-state index contributed by atoms with van der Waals surface area (Å²) in [6, 6.07) is 11.5. The molecule has 0 fully saturated rings. The molecule has 0 spiro atoms. The zero-order valence-corrected chi connectivity index (χ0v) is 21.5. The predicted molar refractivity (Wildman–Crippen MR) is 133 cm³/mol. The SMILES string of the molecule is Cc1ccccc1CN(C(=O)CN(c1cc(Cl)ccc1C)S(C)(=O)=O)[C@@H](C)C(=O)NC(C)C. The van der Waals surface area contributed by atoms with Gasteiger partial charge in [0.1, 0.15) is 12.6 Å². The van der Waals surface area contributed by atoms with Gasteiger partial charge in [-0.25, -0.2) is 8.42 Å². The number of hydrogen-bond donors (Lipinski definition) is 1. The van der Waals surface area contributed by atoms with Crippen molar-refractivity contribution < 1.29 is 18.0 Å². The third-order valence-electron chi connectivity index (χ3n) is 5.32. The van der Waals surface area contributed by atoms with Crippen LogP contribution in [0.1, 0.15) is 37.5 Å². The summed E-state index contributed by atoms with van der Waals surface area (Å²) in [4.78, 5) is 27.7. The molecule has 9 heteroatoms. The van der Waals surface area contributed by atoms with Gasteiger partial charge in [0.15, 0.2) is 0 Å². The van der Waals surface area contributed by atoms with Crippen molar-refractivity contribution in [3.63, 3.8) is 0 Å². The summed E-state index contributed by atoms with van der Waals surface area (Å²) in [5, 5.41) is 3.19. The van der Waals surface area contributed by atoms with E-state index in [0.29, 0.717) is 16.3 Å². The lowest BCUT2D eigenvalue weighted by Crippen LogP contribution is -2.52. The molecule has 0 aliphatic rings. The number of benzene rings is 2. The summed E-state index contributed by atoms with van der Waals surface area (Å²) in [6.45, 7) is 8.71. The molecule has 2 amide bonds. The van der Waals surface area contributed by atoms with Crippen molar-refractivity contribution in [2.75, 3.05) is 17.1 Å². The second-order valence-corrected chi connectivity index (χ2v) is 10.8. The smallest absolute Gasteiger partial charge is 0.244 e. The molecule has 0 heterocycles. The number of sulfonamides is 1. The predicted octanol–water partition coefficient (Wildman–Crippen LogP) is 3.66. The maximum atomic E-state index is 13.5. The summed E-state index contributed by atoms with van der Waals surface area (Å²) in [6.07, 6.45) is 1.04. The van der Waals surface area contributed by atoms with Crippen LogP contribution in [0.3, 0.4) is 0 Å². The average Bonchev–Trinajstić information content (AvgIpc) is 2.71. The second-order valence-electron chi connectivity index (χ2n) is 8.49. The minimum atomic E-state index is -3.81. The first-order valence-corrected chi connectivity index (χ1v) is 12.9. The van der Waals surface area contributed by atoms with Gasteiger partial charge in [-0.2, -0.15) is 0 Å². The number of anilines is 1. The van der Waals surface area contributed by atoms with Crippen molar-refractivity contribution in [3.05, 3.63) is 64.2 Å². The first kappa shape index (κ1) is 26.7. The Morgan fingerprint density at radius 3 is 2.24 bits per heavy atom. The third-order valence-corrected chi connectivity index (χ3v) is 6.68. The Labute approximate surface area is 201 Å². The van der Waals surface area contributed by atoms with Crippen LogP contribution in [0, 0.1) is 13.8 Å². The van der Waals surface area contributed by atoms with E-state index in [-0.39, 0.29) is 18.5 Å². The molecule has 0 aromatic heterocycles. The lowest BCUT2D eigenvalue weighted by molar-refractivity contribution is -0.139. The molecule has 33 heavy (non-hydrogen) atoms. The maximum Gasteiger partial charge on any atom is 0.244 e. The average molecular weight is 494 g/mol. The zero-order chi connectivity index (χ0) is 24.9. The van der Waals surface area contributed by atoms with E-state index in [9.17, 15) is 18.0 Å². The summed E-state index contributed by atoms with van der Waals surface area (Å²) < 4.78 is 26.3. The van der Waals surface area contributed by atoms with E-state index in [2.05, 4.69) is 5.32 Å². The number of halogens is 1. The molecule has 0 aliphatic carbocycles. The molecule has 0 saturated heterocycles. The van der Waals surface area contributed by atoms with Crippen molar-refractivity contribution >= 4 is 39.1 Å². The van der Waals surface area contributed by atoms with Crippen LogP contribution in [0.15, 0.2) is 42.5 Å². The standard InChI is InChI=1S/C24H32ClN3O4S/c1-16(2)26-24(30)19(5)27(14-20-10-8-7-9-17(20)3)23(29)15-28(33(6,31)32)22-13-21(25)12-11-18(22)4/h7-13,16,19H,14-15H2,1-6H3,(H,26,30)/t19-/m0/s1. The van der Waals surface area contributed by atoms with E-state index >= 15 is 0 Å². The van der Waals surface area contributed by atoms with Gasteiger partial charge < -0.3 is 10.2 Å². The first-order valence-electron chi connectivity index (χ1n) is 10.7. The Hall–Kier alpha value is -2.58. The van der Waals surface area contributed by atoms with Crippen LogP contribution < -0.4 is 9.62 Å². The van der Waals surface area contributed by atoms with Crippen LogP contribution >= 0.6 is 11.6 Å². The molecule has 2 rings (SSSR count). The molecule has 0 radical (unpaired) electrons. The van der Waals surface area contributed by atoms with Crippen LogP contribution in [0.5, 0.6) is 0 Å². The Balaban J connectivity index is 2.45. The van der Waals surface area contributed by atoms with Gasteiger partial charge in [0.25, 0.3) is 0 Å². The van der Waals surface area contributed by atoms with E-state index in [1.54, 1.807) is 26.0 Å². The highest BCUT2D eigenvalue weighted by atomic mass is 35.5. The van der Waals surface area contributed by atoms with Crippen LogP contribution in [0.2, 0.25) is 5.02 Å². The fourth-order valence-electron chi connectivity index (χ4n) is 3.40. The monoisotopic (exact) mass is 493 g/mol. The molecule has 2 aromatic rings. The van der Waals surface area contributed by atoms with Gasteiger partial charge >= 0.3 is 0 Å². The minimum Gasteiger partial charge on any atom is -0.352 e. The molecular formula is C24H32ClN3O4S. The molecular weight excluding hydrogens is 462 g/mol. The highest BCUT2D eigenvalue weighted by molar-refractivity contribution is 7.92. The van der Waals surface area contributed by atoms with E-state index in [0.717, 1.165) is 21.7 Å². The van der Waals surface area contributed by atoms with Gasteiger partial charge in [0, 0.05) is 17.6 Å². The van der Waals surface area contributed by atoms with Crippen molar-refractivity contribution in [2.45, 2.75) is 53.2 Å². The summed E-state index contributed by atoms with van der Waals surface area (Å²) in [5.74, 6) is -0.800. The topological polar surface area (TPSA) is 86.8 Å². The van der Waals surface area contributed by atoms with Crippen LogP contribution in [0.4, 0.5) is 5.69 Å². The lowest BCUT2D eigenvalue weighted by atomic mass is 10.1. The molecule has 0 bridgehead atoms. The highest BCUT2D eigenvalue weighted by Crippen LogP contribution is 2.27. The minimum absolute atomic E-state index is 0.100. The molecule has 1 N–H and O–H groups in total. The summed E-state index contributed by atoms with van der Waals surface area (Å²) >= 11 is 6.11. The van der Waals surface area contributed by atoms with Gasteiger partial charge in [-0.3, -0.25) is 13.9 Å². The Bertz CT molecular complexity index is 1120. The van der Waals surface area contributed by atoms with E-state index in [4.69, 9.17) is 11.6 Å². The number of nitrogens with one attached hydrogen (secondary N) is 1. The first-order chi connectivity index (χ1) is 15.3. The zero-order valence-electron chi connectivity index (χ0n) is 19.9. The number of nitrogens with zero attached hydrogens (tertiary/aromatic N) is 2. The largest absolute Gasteiger partial charge is 0.352 e. The number of carbonyl (C=O) groups is 2. The summed E-state index contributed by atoms with van der Waals surface area (Å²) in [5.41, 5.74) is 2.83. The molecule has 0 saturated carbocycles. The van der Waals surface area contributed by atoms with Crippen molar-refractivity contribution in [3.8, 4) is 0 Å². The van der Waals surface area contributed by atoms with Crippen LogP contribution in [0.25, 0.3) is 0 Å². The van der Waals surface area contributed by atoms with Gasteiger partial charge in [-0.1, -0.05) is 41.9 Å². The number of rotatable bonds is 9. The van der Waals surface area contributed by atoms with Crippen LogP contribution in [-0.4, -0.2) is 50.0 Å². The molecule has 7 nitrogen and oxygen atoms in total. The number of carbonyl (C=O) groups excluding carboxylic acids is 2. The Morgan fingerprint density at radius 1 is 1.03 bits per heavy atom. The lowest BCUT2D eigenvalue weighted by Gasteiger charge is -2.32. The normalized spacial score (nSPS) is 12.4. The number of hydrogen-bond acceptors (Lipinski definition) is 4. The van der Waals surface area contributed by atoms with Gasteiger partial charge in [0.2, 0.25) is 21.8 Å². The van der Waals surface area contributed by atoms with E-state index in [1.807, 2.05) is 45.0 Å².